The molecule has 2 aliphatic carbocycles. The molecule has 3 atom stereocenters. The largest absolute Gasteiger partial charge is 0.385 e. The summed E-state index contributed by atoms with van der Waals surface area (Å²) in [6.07, 6.45) is 7.42. The normalized spacial score (nSPS) is 26.0. The number of anilines is 2. The first-order valence-corrected chi connectivity index (χ1v) is 7.55. The van der Waals surface area contributed by atoms with Gasteiger partial charge in [0.25, 0.3) is 0 Å². The van der Waals surface area contributed by atoms with Crippen LogP contribution in [0.5, 0.6) is 0 Å². The third-order valence-corrected chi connectivity index (χ3v) is 4.43. The molecular weight excluding hydrogens is 264 g/mol. The van der Waals surface area contributed by atoms with Crippen molar-refractivity contribution in [2.24, 2.45) is 17.8 Å². The Morgan fingerprint density at radius 3 is 2.57 bits per heavy atom. The Morgan fingerprint density at radius 2 is 1.95 bits per heavy atom. The van der Waals surface area contributed by atoms with Crippen LogP contribution in [0, 0.1) is 17.8 Å². The predicted octanol–water partition coefficient (Wildman–Crippen LogP) is 2.90. The number of rotatable bonds is 6. The summed E-state index contributed by atoms with van der Waals surface area (Å²) in [7, 11) is 1.51. The van der Waals surface area contributed by atoms with Crippen molar-refractivity contribution in [3.8, 4) is 0 Å². The summed E-state index contributed by atoms with van der Waals surface area (Å²) in [6.45, 7) is 1.11. The number of fused-ring (bicyclic) bond motifs is 2. The van der Waals surface area contributed by atoms with Gasteiger partial charge in [-0.25, -0.2) is 0 Å². The zero-order valence-electron chi connectivity index (χ0n) is 12.3. The molecule has 0 heterocycles. The Balaban J connectivity index is 1.48. The van der Waals surface area contributed by atoms with E-state index in [1.54, 1.807) is 0 Å². The maximum Gasteiger partial charge on any atom is 0.250 e. The molecule has 4 nitrogen and oxygen atoms in total. The maximum atomic E-state index is 11.4. The van der Waals surface area contributed by atoms with Crippen LogP contribution in [-0.2, 0) is 9.53 Å². The Hall–Kier alpha value is -1.81. The standard InChI is InChI=1S/C17H22N2O2/c1-21-11-17(20)19-16-6-4-15(5-7-16)18-10-14-9-12-2-3-13(14)8-12/h2-7,12-14,18H,8-11H2,1H3,(H,19,20). The zero-order valence-corrected chi connectivity index (χ0v) is 12.3. The average Bonchev–Trinajstić information content (AvgIpc) is 3.09. The van der Waals surface area contributed by atoms with Crippen molar-refractivity contribution < 1.29 is 9.53 Å². The molecule has 0 saturated heterocycles. The summed E-state index contributed by atoms with van der Waals surface area (Å²) in [4.78, 5) is 11.4. The highest BCUT2D eigenvalue weighted by molar-refractivity contribution is 5.91. The van der Waals surface area contributed by atoms with E-state index in [4.69, 9.17) is 4.74 Å². The van der Waals surface area contributed by atoms with Gasteiger partial charge in [-0.1, -0.05) is 12.2 Å². The molecule has 0 radical (unpaired) electrons. The molecule has 1 fully saturated rings. The Morgan fingerprint density at radius 1 is 1.19 bits per heavy atom. The van der Waals surface area contributed by atoms with Crippen molar-refractivity contribution in [3.63, 3.8) is 0 Å². The summed E-state index contributed by atoms with van der Waals surface area (Å²) < 4.78 is 4.79. The summed E-state index contributed by atoms with van der Waals surface area (Å²) in [5, 5.41) is 6.29. The second-order valence-corrected chi connectivity index (χ2v) is 5.98. The number of ether oxygens (including phenoxy) is 1. The lowest BCUT2D eigenvalue weighted by atomic mass is 9.93. The minimum Gasteiger partial charge on any atom is -0.385 e. The fourth-order valence-corrected chi connectivity index (χ4v) is 3.38. The smallest absolute Gasteiger partial charge is 0.250 e. The quantitative estimate of drug-likeness (QED) is 0.791. The van der Waals surface area contributed by atoms with Crippen LogP contribution in [0.15, 0.2) is 36.4 Å². The van der Waals surface area contributed by atoms with E-state index in [9.17, 15) is 4.79 Å². The van der Waals surface area contributed by atoms with Crippen LogP contribution in [-0.4, -0.2) is 26.2 Å². The van der Waals surface area contributed by atoms with Crippen LogP contribution in [0.2, 0.25) is 0 Å². The number of hydrogen-bond acceptors (Lipinski definition) is 3. The van der Waals surface area contributed by atoms with E-state index in [1.807, 2.05) is 24.3 Å². The van der Waals surface area contributed by atoms with Gasteiger partial charge in [0.15, 0.2) is 0 Å². The minimum absolute atomic E-state index is 0.0811. The first-order valence-electron chi connectivity index (χ1n) is 7.55. The van der Waals surface area contributed by atoms with Gasteiger partial charge in [-0.15, -0.1) is 0 Å². The molecule has 3 rings (SSSR count). The van der Waals surface area contributed by atoms with Crippen molar-refractivity contribution in [1.29, 1.82) is 0 Å². The van der Waals surface area contributed by atoms with Crippen molar-refractivity contribution in [2.75, 3.05) is 30.9 Å². The van der Waals surface area contributed by atoms with Gasteiger partial charge in [0.1, 0.15) is 6.61 Å². The summed E-state index contributed by atoms with van der Waals surface area (Å²) in [5.41, 5.74) is 1.90. The number of hydrogen-bond donors (Lipinski definition) is 2. The highest BCUT2D eigenvalue weighted by Crippen LogP contribution is 2.43. The van der Waals surface area contributed by atoms with Crippen LogP contribution in [0.3, 0.4) is 0 Å². The minimum atomic E-state index is -0.132. The zero-order chi connectivity index (χ0) is 14.7. The van der Waals surface area contributed by atoms with Gasteiger partial charge in [-0.05, 0) is 54.9 Å². The van der Waals surface area contributed by atoms with E-state index < -0.39 is 0 Å². The Kier molecular flexibility index (Phi) is 4.25. The van der Waals surface area contributed by atoms with E-state index >= 15 is 0 Å². The van der Waals surface area contributed by atoms with Crippen molar-refractivity contribution in [1.82, 2.24) is 0 Å². The molecule has 3 unspecified atom stereocenters. The first-order chi connectivity index (χ1) is 10.2. The van der Waals surface area contributed by atoms with Gasteiger partial charge in [0.05, 0.1) is 0 Å². The fourth-order valence-electron chi connectivity index (χ4n) is 3.38. The summed E-state index contributed by atoms with van der Waals surface area (Å²) in [5.74, 6) is 2.23. The molecular formula is C17H22N2O2. The molecule has 2 N–H and O–H groups in total. The van der Waals surface area contributed by atoms with Crippen molar-refractivity contribution in [3.05, 3.63) is 36.4 Å². The van der Waals surface area contributed by atoms with Crippen LogP contribution in [0.4, 0.5) is 11.4 Å². The second-order valence-electron chi connectivity index (χ2n) is 5.98. The number of nitrogens with one attached hydrogen (secondary N) is 2. The summed E-state index contributed by atoms with van der Waals surface area (Å²) in [6, 6.07) is 7.84. The van der Waals surface area contributed by atoms with Gasteiger partial charge in [0, 0.05) is 25.0 Å². The third kappa shape index (κ3) is 3.45. The topological polar surface area (TPSA) is 50.4 Å². The number of methoxy groups -OCH3 is 1. The molecule has 1 saturated carbocycles. The molecule has 2 bridgehead atoms. The monoisotopic (exact) mass is 286 g/mol. The number of allylic oxidation sites excluding steroid dienone is 2. The summed E-state index contributed by atoms with van der Waals surface area (Å²) >= 11 is 0. The van der Waals surface area contributed by atoms with E-state index in [2.05, 4.69) is 22.8 Å². The number of carbonyl (C=O) groups is 1. The van der Waals surface area contributed by atoms with Crippen molar-refractivity contribution in [2.45, 2.75) is 12.8 Å². The van der Waals surface area contributed by atoms with Crippen LogP contribution in [0.25, 0.3) is 0 Å². The molecule has 1 amide bonds. The lowest BCUT2D eigenvalue weighted by Crippen LogP contribution is -2.18. The van der Waals surface area contributed by atoms with Crippen LogP contribution >= 0.6 is 0 Å². The predicted molar refractivity (Wildman–Crippen MR) is 84.3 cm³/mol. The molecule has 1 aromatic rings. The second kappa shape index (κ2) is 6.31. The lowest BCUT2D eigenvalue weighted by Gasteiger charge is -2.19. The van der Waals surface area contributed by atoms with Gasteiger partial charge in [-0.3, -0.25) is 4.79 Å². The molecule has 0 aliphatic heterocycles. The average molecular weight is 286 g/mol. The maximum absolute atomic E-state index is 11.4. The van der Waals surface area contributed by atoms with Gasteiger partial charge in [0.2, 0.25) is 5.91 Å². The molecule has 0 spiro atoms. The molecule has 1 aromatic carbocycles. The van der Waals surface area contributed by atoms with Gasteiger partial charge < -0.3 is 15.4 Å². The highest BCUT2D eigenvalue weighted by atomic mass is 16.5. The number of carbonyl (C=O) groups excluding carboxylic acids is 1. The van der Waals surface area contributed by atoms with E-state index in [0.717, 1.165) is 35.7 Å². The number of amides is 1. The Labute approximate surface area is 125 Å². The molecule has 21 heavy (non-hydrogen) atoms. The third-order valence-electron chi connectivity index (χ3n) is 4.43. The van der Waals surface area contributed by atoms with Gasteiger partial charge in [-0.2, -0.15) is 0 Å². The fraction of sp³-hybridized carbons (Fsp3) is 0.471. The van der Waals surface area contributed by atoms with E-state index in [-0.39, 0.29) is 12.5 Å². The molecule has 0 aromatic heterocycles. The van der Waals surface area contributed by atoms with Crippen LogP contribution < -0.4 is 10.6 Å². The SMILES string of the molecule is COCC(=O)Nc1ccc(NCC2CC3C=CC2C3)cc1. The van der Waals surface area contributed by atoms with Gasteiger partial charge >= 0.3 is 0 Å². The molecule has 2 aliphatic rings. The van der Waals surface area contributed by atoms with Crippen LogP contribution in [0.1, 0.15) is 12.8 Å². The Bertz CT molecular complexity index is 524. The lowest BCUT2D eigenvalue weighted by molar-refractivity contribution is -0.119. The van der Waals surface area contributed by atoms with E-state index in [1.165, 1.54) is 20.0 Å². The van der Waals surface area contributed by atoms with Crippen molar-refractivity contribution >= 4 is 17.3 Å². The molecule has 4 heteroatoms. The molecule has 112 valence electrons. The highest BCUT2D eigenvalue weighted by Gasteiger charge is 2.35. The van der Waals surface area contributed by atoms with E-state index in [0.29, 0.717) is 0 Å². The first kappa shape index (κ1) is 14.1. The number of benzene rings is 1.